The number of benzene rings is 1. The number of nitrogens with two attached hydrogens (primary N) is 1. The first-order chi connectivity index (χ1) is 7.56. The maximum absolute atomic E-state index is 9.88. The van der Waals surface area contributed by atoms with Crippen molar-refractivity contribution in [3.8, 4) is 11.5 Å². The third kappa shape index (κ3) is 2.31. The van der Waals surface area contributed by atoms with Crippen LogP contribution in [0.3, 0.4) is 0 Å². The molecule has 16 heavy (non-hydrogen) atoms. The lowest BCUT2D eigenvalue weighted by Gasteiger charge is -2.19. The minimum Gasteiger partial charge on any atom is -0.493 e. The van der Waals surface area contributed by atoms with Crippen LogP contribution in [-0.4, -0.2) is 25.9 Å². The normalized spacial score (nSPS) is 12.4. The zero-order chi connectivity index (χ0) is 12.3. The summed E-state index contributed by atoms with van der Waals surface area (Å²) in [4.78, 5) is 0. The van der Waals surface area contributed by atoms with Crippen LogP contribution in [0.25, 0.3) is 0 Å². The van der Waals surface area contributed by atoms with Gasteiger partial charge in [0, 0.05) is 16.6 Å². The molecule has 5 heteroatoms. The third-order valence-electron chi connectivity index (χ3n) is 2.38. The van der Waals surface area contributed by atoms with E-state index < -0.39 is 6.10 Å². The van der Waals surface area contributed by atoms with Gasteiger partial charge in [-0.25, -0.2) is 0 Å². The molecule has 0 bridgehead atoms. The zero-order valence-corrected chi connectivity index (χ0v) is 11.2. The molecule has 3 N–H and O–H groups in total. The van der Waals surface area contributed by atoms with Gasteiger partial charge >= 0.3 is 0 Å². The maximum Gasteiger partial charge on any atom is 0.167 e. The van der Waals surface area contributed by atoms with Gasteiger partial charge in [0.25, 0.3) is 0 Å². The van der Waals surface area contributed by atoms with Gasteiger partial charge in [-0.1, -0.05) is 0 Å². The van der Waals surface area contributed by atoms with Gasteiger partial charge in [0.15, 0.2) is 11.5 Å². The van der Waals surface area contributed by atoms with E-state index >= 15 is 0 Å². The van der Waals surface area contributed by atoms with Crippen LogP contribution in [0.4, 0.5) is 0 Å². The molecular formula is C11H16BrNO3. The summed E-state index contributed by atoms with van der Waals surface area (Å²) in [5, 5.41) is 9.88. The van der Waals surface area contributed by atoms with Crippen LogP contribution in [0.1, 0.15) is 17.2 Å². The number of methoxy groups -OCH3 is 2. The second kappa shape index (κ2) is 5.52. The van der Waals surface area contributed by atoms with Crippen LogP contribution in [-0.2, 0) is 0 Å². The Morgan fingerprint density at radius 1 is 1.44 bits per heavy atom. The van der Waals surface area contributed by atoms with Gasteiger partial charge in [-0.15, -0.1) is 0 Å². The van der Waals surface area contributed by atoms with Crippen LogP contribution in [0, 0.1) is 6.92 Å². The Hall–Kier alpha value is -0.780. The van der Waals surface area contributed by atoms with Crippen LogP contribution in [0.15, 0.2) is 10.5 Å². The first-order valence-corrected chi connectivity index (χ1v) is 5.65. The first-order valence-electron chi connectivity index (χ1n) is 4.85. The largest absolute Gasteiger partial charge is 0.493 e. The quantitative estimate of drug-likeness (QED) is 0.887. The van der Waals surface area contributed by atoms with Crippen molar-refractivity contribution in [3.63, 3.8) is 0 Å². The highest BCUT2D eigenvalue weighted by Crippen LogP contribution is 2.41. The fraction of sp³-hybridized carbons (Fsp3) is 0.455. The molecule has 0 aromatic heterocycles. The molecule has 1 unspecified atom stereocenters. The number of aryl methyl sites for hydroxylation is 1. The van der Waals surface area contributed by atoms with Gasteiger partial charge in [-0.3, -0.25) is 0 Å². The average Bonchev–Trinajstić information content (AvgIpc) is 2.30. The van der Waals surface area contributed by atoms with E-state index in [4.69, 9.17) is 15.2 Å². The summed E-state index contributed by atoms with van der Waals surface area (Å²) >= 11 is 3.43. The highest BCUT2D eigenvalue weighted by Gasteiger charge is 2.21. The predicted octanol–water partition coefficient (Wildman–Crippen LogP) is 1.77. The SMILES string of the molecule is COc1cc(C)c(Br)c(C(O)CN)c1OC. The van der Waals surface area contributed by atoms with Gasteiger partial charge in [0.2, 0.25) is 0 Å². The summed E-state index contributed by atoms with van der Waals surface area (Å²) in [5.74, 6) is 1.10. The molecule has 0 spiro atoms. The summed E-state index contributed by atoms with van der Waals surface area (Å²) in [7, 11) is 3.09. The smallest absolute Gasteiger partial charge is 0.167 e. The Morgan fingerprint density at radius 2 is 2.06 bits per heavy atom. The van der Waals surface area contributed by atoms with E-state index in [1.807, 2.05) is 13.0 Å². The molecule has 0 aliphatic heterocycles. The Morgan fingerprint density at radius 3 is 2.50 bits per heavy atom. The van der Waals surface area contributed by atoms with Crippen molar-refractivity contribution < 1.29 is 14.6 Å². The summed E-state index contributed by atoms with van der Waals surface area (Å²) in [6.07, 6.45) is -0.780. The Kier molecular flexibility index (Phi) is 4.58. The second-order valence-corrected chi connectivity index (χ2v) is 4.20. The van der Waals surface area contributed by atoms with Crippen LogP contribution in [0.5, 0.6) is 11.5 Å². The summed E-state index contributed by atoms with van der Waals surface area (Å²) in [6, 6.07) is 1.84. The average molecular weight is 290 g/mol. The summed E-state index contributed by atoms with van der Waals surface area (Å²) in [5.41, 5.74) is 7.06. The van der Waals surface area contributed by atoms with E-state index in [0.29, 0.717) is 17.1 Å². The standard InChI is InChI=1S/C11H16BrNO3/c1-6-4-8(15-2)11(16-3)9(10(6)12)7(14)5-13/h4,7,14H,5,13H2,1-3H3. The lowest BCUT2D eigenvalue weighted by atomic mass is 10.0. The minimum atomic E-state index is -0.780. The predicted molar refractivity (Wildman–Crippen MR) is 66.0 cm³/mol. The number of halogens is 1. The van der Waals surface area contributed by atoms with E-state index in [0.717, 1.165) is 10.0 Å². The van der Waals surface area contributed by atoms with E-state index in [2.05, 4.69) is 15.9 Å². The molecule has 0 heterocycles. The van der Waals surface area contributed by atoms with Gasteiger partial charge in [0.05, 0.1) is 20.3 Å². The summed E-state index contributed by atoms with van der Waals surface area (Å²) < 4.78 is 11.3. The number of rotatable bonds is 4. The monoisotopic (exact) mass is 289 g/mol. The van der Waals surface area contributed by atoms with E-state index in [9.17, 15) is 5.11 Å². The number of aliphatic hydroxyl groups excluding tert-OH is 1. The molecule has 0 saturated heterocycles. The van der Waals surface area contributed by atoms with E-state index in [-0.39, 0.29) is 6.54 Å². The van der Waals surface area contributed by atoms with Crippen molar-refractivity contribution in [1.82, 2.24) is 0 Å². The zero-order valence-electron chi connectivity index (χ0n) is 9.58. The molecule has 0 aliphatic carbocycles. The molecule has 1 aromatic rings. The third-order valence-corrected chi connectivity index (χ3v) is 3.43. The Bertz CT molecular complexity index is 382. The fourth-order valence-electron chi connectivity index (χ4n) is 1.55. The molecule has 4 nitrogen and oxygen atoms in total. The van der Waals surface area contributed by atoms with Crippen molar-refractivity contribution in [2.24, 2.45) is 5.73 Å². The molecule has 0 radical (unpaired) electrons. The molecule has 1 atom stereocenters. The molecule has 0 saturated carbocycles. The number of ether oxygens (including phenoxy) is 2. The lowest BCUT2D eigenvalue weighted by Crippen LogP contribution is -2.14. The van der Waals surface area contributed by atoms with Crippen molar-refractivity contribution in [2.75, 3.05) is 20.8 Å². The molecule has 0 amide bonds. The highest BCUT2D eigenvalue weighted by molar-refractivity contribution is 9.10. The number of aliphatic hydroxyl groups is 1. The molecule has 0 aliphatic rings. The molecule has 90 valence electrons. The molecule has 1 aromatic carbocycles. The van der Waals surface area contributed by atoms with Crippen LogP contribution in [0.2, 0.25) is 0 Å². The van der Waals surface area contributed by atoms with E-state index in [1.54, 1.807) is 7.11 Å². The second-order valence-electron chi connectivity index (χ2n) is 3.41. The number of hydrogen-bond acceptors (Lipinski definition) is 4. The first kappa shape index (κ1) is 13.3. The Labute approximate surface area is 103 Å². The highest BCUT2D eigenvalue weighted by atomic mass is 79.9. The van der Waals surface area contributed by atoms with E-state index in [1.165, 1.54) is 7.11 Å². The Balaban J connectivity index is 3.46. The lowest BCUT2D eigenvalue weighted by molar-refractivity contribution is 0.180. The molecule has 0 fully saturated rings. The maximum atomic E-state index is 9.88. The fourth-order valence-corrected chi connectivity index (χ4v) is 2.11. The van der Waals surface area contributed by atoms with Gasteiger partial charge in [-0.2, -0.15) is 0 Å². The molecule has 1 rings (SSSR count). The summed E-state index contributed by atoms with van der Waals surface area (Å²) in [6.45, 7) is 2.04. The van der Waals surface area contributed by atoms with Crippen molar-refractivity contribution >= 4 is 15.9 Å². The van der Waals surface area contributed by atoms with Crippen molar-refractivity contribution in [1.29, 1.82) is 0 Å². The molecular weight excluding hydrogens is 274 g/mol. The van der Waals surface area contributed by atoms with Gasteiger partial charge in [0.1, 0.15) is 0 Å². The van der Waals surface area contributed by atoms with Gasteiger partial charge in [-0.05, 0) is 34.5 Å². The van der Waals surface area contributed by atoms with Crippen molar-refractivity contribution in [2.45, 2.75) is 13.0 Å². The minimum absolute atomic E-state index is 0.127. The topological polar surface area (TPSA) is 64.7 Å². The van der Waals surface area contributed by atoms with Crippen LogP contribution < -0.4 is 15.2 Å². The number of hydrogen-bond donors (Lipinski definition) is 2. The van der Waals surface area contributed by atoms with Crippen LogP contribution >= 0.6 is 15.9 Å². The van der Waals surface area contributed by atoms with Crippen molar-refractivity contribution in [3.05, 3.63) is 21.7 Å². The van der Waals surface area contributed by atoms with Gasteiger partial charge < -0.3 is 20.3 Å².